The van der Waals surface area contributed by atoms with E-state index in [2.05, 4.69) is 15.4 Å². The maximum Gasteiger partial charge on any atom is 0.291 e. The number of hydrogen-bond donors (Lipinski definition) is 2. The monoisotopic (exact) mass is 334 g/mol. The molecule has 0 aliphatic heterocycles. The molecule has 6 nitrogen and oxygen atoms in total. The summed E-state index contributed by atoms with van der Waals surface area (Å²) in [7, 11) is 0. The van der Waals surface area contributed by atoms with Crippen LogP contribution in [0.5, 0.6) is 0 Å². The van der Waals surface area contributed by atoms with Crippen LogP contribution in [0, 0.1) is 12.8 Å². The molecule has 1 fully saturated rings. The van der Waals surface area contributed by atoms with Gasteiger partial charge in [0.1, 0.15) is 5.82 Å². The van der Waals surface area contributed by atoms with Gasteiger partial charge in [-0.05, 0) is 44.7 Å². The summed E-state index contributed by atoms with van der Waals surface area (Å²) in [5, 5.41) is 17.3. The summed E-state index contributed by atoms with van der Waals surface area (Å²) >= 11 is 6.18. The van der Waals surface area contributed by atoms with Gasteiger partial charge in [-0.15, -0.1) is 5.10 Å². The van der Waals surface area contributed by atoms with Crippen LogP contribution in [-0.2, 0) is 0 Å². The molecule has 1 aliphatic rings. The van der Waals surface area contributed by atoms with E-state index in [-0.39, 0.29) is 18.3 Å². The number of para-hydroxylation sites is 1. The molecule has 1 unspecified atom stereocenters. The second-order valence-electron chi connectivity index (χ2n) is 6.15. The van der Waals surface area contributed by atoms with Gasteiger partial charge in [0.25, 0.3) is 5.91 Å². The third-order valence-corrected chi connectivity index (χ3v) is 4.58. The largest absolute Gasteiger partial charge is 0.394 e. The van der Waals surface area contributed by atoms with Gasteiger partial charge in [0, 0.05) is 0 Å². The number of rotatable bonds is 5. The van der Waals surface area contributed by atoms with E-state index in [1.807, 2.05) is 25.1 Å². The van der Waals surface area contributed by atoms with E-state index in [1.165, 1.54) is 0 Å². The molecule has 0 radical (unpaired) electrons. The fraction of sp³-hybridized carbons (Fsp3) is 0.438. The van der Waals surface area contributed by atoms with Crippen molar-refractivity contribution in [2.24, 2.45) is 5.92 Å². The molecular formula is C16H19ClN4O2. The van der Waals surface area contributed by atoms with Gasteiger partial charge in [-0.1, -0.05) is 23.7 Å². The minimum Gasteiger partial charge on any atom is -0.394 e. The average molecular weight is 335 g/mol. The Balaban J connectivity index is 1.86. The Morgan fingerprint density at radius 3 is 2.78 bits per heavy atom. The highest BCUT2D eigenvalue weighted by Crippen LogP contribution is 2.39. The lowest BCUT2D eigenvalue weighted by atomic mass is 9.97. The summed E-state index contributed by atoms with van der Waals surface area (Å²) in [6, 6.07) is 7.24. The first kappa shape index (κ1) is 16.0. The van der Waals surface area contributed by atoms with E-state index in [4.69, 9.17) is 11.6 Å². The van der Waals surface area contributed by atoms with Crippen LogP contribution in [0.4, 0.5) is 0 Å². The number of nitrogens with zero attached hydrogens (tertiary/aromatic N) is 3. The zero-order chi connectivity index (χ0) is 16.6. The Hall–Kier alpha value is -1.92. The Labute approximate surface area is 139 Å². The summed E-state index contributed by atoms with van der Waals surface area (Å²) in [5.41, 5.74) is 0.0474. The quantitative estimate of drug-likeness (QED) is 0.877. The van der Waals surface area contributed by atoms with E-state index < -0.39 is 5.54 Å². The standard InChI is InChI=1S/C16H19ClN4O2/c1-10-18-14(15(23)19-16(2,9-22)11-7-8-11)20-21(10)13-6-4-3-5-12(13)17/h3-6,11,22H,7-9H2,1-2H3,(H,19,23). The summed E-state index contributed by atoms with van der Waals surface area (Å²) in [6.45, 7) is 3.51. The highest BCUT2D eigenvalue weighted by Gasteiger charge is 2.42. The molecule has 23 heavy (non-hydrogen) atoms. The molecule has 1 amide bonds. The summed E-state index contributed by atoms with van der Waals surface area (Å²) in [5.74, 6) is 0.564. The Kier molecular flexibility index (Phi) is 4.12. The first-order chi connectivity index (χ1) is 10.9. The van der Waals surface area contributed by atoms with Crippen molar-refractivity contribution < 1.29 is 9.90 Å². The first-order valence-electron chi connectivity index (χ1n) is 7.56. The Bertz CT molecular complexity index is 741. The predicted molar refractivity (Wildman–Crippen MR) is 86.8 cm³/mol. The van der Waals surface area contributed by atoms with E-state index in [9.17, 15) is 9.90 Å². The van der Waals surface area contributed by atoms with Gasteiger partial charge < -0.3 is 10.4 Å². The van der Waals surface area contributed by atoms with E-state index in [0.717, 1.165) is 12.8 Å². The fourth-order valence-electron chi connectivity index (χ4n) is 2.64. The molecule has 1 aliphatic carbocycles. The van der Waals surface area contributed by atoms with Gasteiger partial charge in [-0.3, -0.25) is 4.79 Å². The molecule has 3 rings (SSSR count). The molecule has 122 valence electrons. The van der Waals surface area contributed by atoms with Gasteiger partial charge >= 0.3 is 0 Å². The fourth-order valence-corrected chi connectivity index (χ4v) is 2.86. The van der Waals surface area contributed by atoms with Gasteiger partial charge in [0.2, 0.25) is 5.82 Å². The molecule has 7 heteroatoms. The van der Waals surface area contributed by atoms with Crippen molar-refractivity contribution in [2.75, 3.05) is 6.61 Å². The molecule has 1 saturated carbocycles. The third-order valence-electron chi connectivity index (χ3n) is 4.26. The van der Waals surface area contributed by atoms with Crippen molar-refractivity contribution in [3.05, 3.63) is 40.9 Å². The highest BCUT2D eigenvalue weighted by molar-refractivity contribution is 6.32. The van der Waals surface area contributed by atoms with Crippen LogP contribution in [0.1, 0.15) is 36.2 Å². The van der Waals surface area contributed by atoms with Crippen molar-refractivity contribution in [2.45, 2.75) is 32.2 Å². The third kappa shape index (κ3) is 3.09. The maximum atomic E-state index is 12.4. The lowest BCUT2D eigenvalue weighted by Crippen LogP contribution is -2.51. The van der Waals surface area contributed by atoms with Crippen LogP contribution < -0.4 is 5.32 Å². The number of aliphatic hydroxyl groups excluding tert-OH is 1. The van der Waals surface area contributed by atoms with Gasteiger partial charge in [-0.2, -0.15) is 0 Å². The number of halogens is 1. The number of nitrogens with one attached hydrogen (secondary N) is 1. The molecule has 0 bridgehead atoms. The molecule has 0 spiro atoms. The second-order valence-corrected chi connectivity index (χ2v) is 6.56. The molecule has 0 saturated heterocycles. The van der Waals surface area contributed by atoms with Crippen molar-refractivity contribution >= 4 is 17.5 Å². The average Bonchev–Trinajstić information content (AvgIpc) is 3.31. The number of aliphatic hydroxyl groups is 1. The van der Waals surface area contributed by atoms with Crippen LogP contribution in [0.25, 0.3) is 5.69 Å². The number of hydrogen-bond acceptors (Lipinski definition) is 4. The SMILES string of the molecule is Cc1nc(C(=O)NC(C)(CO)C2CC2)nn1-c1ccccc1Cl. The predicted octanol–water partition coefficient (Wildman–Crippen LogP) is 2.12. The van der Waals surface area contributed by atoms with Crippen LogP contribution in [0.15, 0.2) is 24.3 Å². The van der Waals surface area contributed by atoms with Crippen LogP contribution in [0.2, 0.25) is 5.02 Å². The number of aromatic nitrogens is 3. The number of amides is 1. The summed E-state index contributed by atoms with van der Waals surface area (Å²) in [6.07, 6.45) is 2.02. The number of carbonyl (C=O) groups is 1. The van der Waals surface area contributed by atoms with Crippen molar-refractivity contribution in [1.29, 1.82) is 0 Å². The van der Waals surface area contributed by atoms with E-state index in [0.29, 0.717) is 22.5 Å². The molecule has 1 heterocycles. The van der Waals surface area contributed by atoms with Crippen LogP contribution >= 0.6 is 11.6 Å². The molecule has 2 aromatic rings. The normalized spacial score (nSPS) is 16.9. The topological polar surface area (TPSA) is 80.0 Å². The van der Waals surface area contributed by atoms with E-state index >= 15 is 0 Å². The van der Waals surface area contributed by atoms with Crippen LogP contribution in [-0.4, -0.2) is 37.9 Å². The molecule has 2 N–H and O–H groups in total. The molecule has 1 aromatic heterocycles. The minimum atomic E-state index is -0.624. The van der Waals surface area contributed by atoms with Gasteiger partial charge in [-0.25, -0.2) is 9.67 Å². The van der Waals surface area contributed by atoms with Gasteiger partial charge in [0.05, 0.1) is 22.9 Å². The zero-order valence-corrected chi connectivity index (χ0v) is 13.8. The Morgan fingerprint density at radius 2 is 2.17 bits per heavy atom. The lowest BCUT2D eigenvalue weighted by molar-refractivity contribution is 0.0814. The van der Waals surface area contributed by atoms with Gasteiger partial charge in [0.15, 0.2) is 0 Å². The number of benzene rings is 1. The number of aryl methyl sites for hydroxylation is 1. The summed E-state index contributed by atoms with van der Waals surface area (Å²) in [4.78, 5) is 16.7. The Morgan fingerprint density at radius 1 is 1.48 bits per heavy atom. The molecule has 1 aromatic carbocycles. The van der Waals surface area contributed by atoms with Crippen LogP contribution in [0.3, 0.4) is 0 Å². The summed E-state index contributed by atoms with van der Waals surface area (Å²) < 4.78 is 1.55. The smallest absolute Gasteiger partial charge is 0.291 e. The maximum absolute atomic E-state index is 12.4. The minimum absolute atomic E-state index is 0.0720. The highest BCUT2D eigenvalue weighted by atomic mass is 35.5. The van der Waals surface area contributed by atoms with Crippen molar-refractivity contribution in [3.63, 3.8) is 0 Å². The lowest BCUT2D eigenvalue weighted by Gasteiger charge is -2.28. The molecule has 1 atom stereocenters. The first-order valence-corrected chi connectivity index (χ1v) is 7.94. The second kappa shape index (κ2) is 5.94. The van der Waals surface area contributed by atoms with E-state index in [1.54, 1.807) is 17.7 Å². The number of carbonyl (C=O) groups excluding carboxylic acids is 1. The zero-order valence-electron chi connectivity index (χ0n) is 13.1. The van der Waals surface area contributed by atoms with Crippen molar-refractivity contribution in [3.8, 4) is 5.69 Å². The van der Waals surface area contributed by atoms with Crippen molar-refractivity contribution in [1.82, 2.24) is 20.1 Å². The molecular weight excluding hydrogens is 316 g/mol.